The fraction of sp³-hybridized carbons (Fsp3) is 0.480. The van der Waals surface area contributed by atoms with E-state index in [0.29, 0.717) is 5.75 Å². The molecule has 2 aromatic carbocycles. The summed E-state index contributed by atoms with van der Waals surface area (Å²) < 4.78 is 69.2. The number of rotatable bonds is 2. The molecule has 2 atom stereocenters. The number of halogens is 4. The molecule has 1 fully saturated rings. The SMILES string of the molecule is CSN1CCN(C2=NNOC(C)S2)CC1.Cc1ccc2c(c1)OCC(F)(F)c1cc(C(F)(F)P)ccc1CO2. The van der Waals surface area contributed by atoms with E-state index < -0.39 is 29.3 Å². The van der Waals surface area contributed by atoms with Gasteiger partial charge in [-0.1, -0.05) is 51.1 Å². The molecule has 5 rings (SSSR count). The zero-order valence-electron chi connectivity index (χ0n) is 21.8. The summed E-state index contributed by atoms with van der Waals surface area (Å²) in [6.07, 6.45) is 2.13. The van der Waals surface area contributed by atoms with Crippen LogP contribution in [0.25, 0.3) is 0 Å². The van der Waals surface area contributed by atoms with Gasteiger partial charge in [0.05, 0.1) is 0 Å². The third-order valence-corrected chi connectivity index (χ3v) is 8.38. The van der Waals surface area contributed by atoms with Crippen molar-refractivity contribution >= 4 is 38.1 Å². The predicted molar refractivity (Wildman–Crippen MR) is 150 cm³/mol. The van der Waals surface area contributed by atoms with Crippen LogP contribution in [0.1, 0.15) is 29.2 Å². The predicted octanol–water partition coefficient (Wildman–Crippen LogP) is 5.75. The number of hydrazone groups is 1. The van der Waals surface area contributed by atoms with Gasteiger partial charge in [-0.05, 0) is 49.4 Å². The zero-order chi connectivity index (χ0) is 28.2. The Balaban J connectivity index is 0.000000202. The second kappa shape index (κ2) is 12.7. The Kier molecular flexibility index (Phi) is 9.80. The highest BCUT2D eigenvalue weighted by Gasteiger charge is 2.38. The van der Waals surface area contributed by atoms with Crippen LogP contribution in [0.3, 0.4) is 0 Å². The Morgan fingerprint density at radius 2 is 1.85 bits per heavy atom. The summed E-state index contributed by atoms with van der Waals surface area (Å²) in [6.45, 7) is 6.98. The summed E-state index contributed by atoms with van der Waals surface area (Å²) in [5, 5.41) is 5.21. The lowest BCUT2D eigenvalue weighted by molar-refractivity contribution is -0.0472. The molecule has 3 heterocycles. The molecular weight excluding hydrogens is 575 g/mol. The molecule has 1 N–H and O–H groups in total. The molecule has 214 valence electrons. The van der Waals surface area contributed by atoms with E-state index in [2.05, 4.69) is 26.2 Å². The molecule has 1 saturated heterocycles. The molecule has 0 bridgehead atoms. The minimum Gasteiger partial charge on any atom is -0.485 e. The van der Waals surface area contributed by atoms with Crippen molar-refractivity contribution in [2.24, 2.45) is 5.10 Å². The van der Waals surface area contributed by atoms with Crippen molar-refractivity contribution in [3.8, 4) is 11.5 Å². The summed E-state index contributed by atoms with van der Waals surface area (Å²) in [6, 6.07) is 8.20. The topological polar surface area (TPSA) is 58.6 Å². The summed E-state index contributed by atoms with van der Waals surface area (Å²) in [5.41, 5.74) is -0.563. The van der Waals surface area contributed by atoms with Gasteiger partial charge in [0.25, 0.3) is 5.66 Å². The van der Waals surface area contributed by atoms with Gasteiger partial charge in [-0.25, -0.2) is 9.14 Å². The van der Waals surface area contributed by atoms with Crippen LogP contribution in [-0.4, -0.2) is 58.9 Å². The third kappa shape index (κ3) is 7.85. The van der Waals surface area contributed by atoms with Gasteiger partial charge in [-0.2, -0.15) is 23.2 Å². The molecule has 39 heavy (non-hydrogen) atoms. The van der Waals surface area contributed by atoms with Crippen LogP contribution in [-0.2, 0) is 23.0 Å². The fourth-order valence-corrected chi connectivity index (χ4v) is 5.56. The molecule has 0 saturated carbocycles. The monoisotopic (exact) mass is 606 g/mol. The van der Waals surface area contributed by atoms with Crippen LogP contribution >= 0.6 is 32.9 Å². The Labute approximate surface area is 236 Å². The molecule has 0 radical (unpaired) electrons. The van der Waals surface area contributed by atoms with Gasteiger partial charge in [-0.3, -0.25) is 0 Å². The third-order valence-electron chi connectivity index (χ3n) is 6.18. The molecule has 0 amide bonds. The summed E-state index contributed by atoms with van der Waals surface area (Å²) in [4.78, 5) is 7.43. The van der Waals surface area contributed by atoms with Crippen molar-refractivity contribution in [2.75, 3.05) is 39.0 Å². The number of thioether (sulfide) groups is 1. The number of amidine groups is 1. The minimum atomic E-state index is -3.42. The molecule has 0 aromatic heterocycles. The van der Waals surface area contributed by atoms with E-state index in [4.69, 9.17) is 14.3 Å². The first-order valence-corrected chi connectivity index (χ1v) is 14.8. The first kappa shape index (κ1) is 30.0. The van der Waals surface area contributed by atoms with Gasteiger partial charge in [0.1, 0.15) is 12.0 Å². The maximum absolute atomic E-state index is 14.5. The number of nitrogens with one attached hydrogen (secondary N) is 1. The molecule has 3 aliphatic heterocycles. The van der Waals surface area contributed by atoms with Gasteiger partial charge in [0.15, 0.2) is 23.3 Å². The van der Waals surface area contributed by atoms with Crippen LogP contribution in [0, 0.1) is 6.92 Å². The Hall–Kier alpha value is -1.92. The normalized spacial score (nSPS) is 21.2. The number of alkyl halides is 4. The quantitative estimate of drug-likeness (QED) is 0.264. The number of benzene rings is 2. The van der Waals surface area contributed by atoms with Crippen LogP contribution < -0.4 is 15.1 Å². The van der Waals surface area contributed by atoms with Gasteiger partial charge >= 0.3 is 5.92 Å². The Morgan fingerprint density at radius 1 is 1.10 bits per heavy atom. The number of piperazine rings is 1. The highest BCUT2D eigenvalue weighted by Crippen LogP contribution is 2.41. The highest BCUT2D eigenvalue weighted by atomic mass is 32.2. The molecular formula is C25H31F4N4O3PS2. The van der Waals surface area contributed by atoms with E-state index in [1.165, 1.54) is 15.3 Å². The first-order valence-electron chi connectivity index (χ1n) is 12.2. The van der Waals surface area contributed by atoms with Crippen molar-refractivity contribution in [1.82, 2.24) is 14.8 Å². The van der Waals surface area contributed by atoms with E-state index in [-0.39, 0.29) is 23.4 Å². The largest absolute Gasteiger partial charge is 0.485 e. The van der Waals surface area contributed by atoms with Crippen LogP contribution in [0.5, 0.6) is 11.5 Å². The van der Waals surface area contributed by atoms with E-state index in [1.54, 1.807) is 36.9 Å². The Morgan fingerprint density at radius 3 is 2.51 bits per heavy atom. The van der Waals surface area contributed by atoms with E-state index >= 15 is 0 Å². The number of ether oxygens (including phenoxy) is 2. The summed E-state index contributed by atoms with van der Waals surface area (Å²) in [7, 11) is 1.35. The lowest BCUT2D eigenvalue weighted by Gasteiger charge is -2.36. The van der Waals surface area contributed by atoms with Crippen LogP contribution in [0.4, 0.5) is 17.6 Å². The van der Waals surface area contributed by atoms with Gasteiger partial charge in [-0.15, -0.1) is 5.10 Å². The van der Waals surface area contributed by atoms with Gasteiger partial charge in [0, 0.05) is 37.3 Å². The molecule has 0 aliphatic carbocycles. The van der Waals surface area contributed by atoms with Crippen molar-refractivity contribution in [3.63, 3.8) is 0 Å². The smallest absolute Gasteiger partial charge is 0.306 e. The van der Waals surface area contributed by atoms with Crippen molar-refractivity contribution in [2.45, 2.75) is 37.5 Å². The molecule has 0 spiro atoms. The second-order valence-electron chi connectivity index (χ2n) is 9.11. The molecule has 2 aromatic rings. The average molecular weight is 607 g/mol. The first-order chi connectivity index (χ1) is 18.5. The molecule has 14 heteroatoms. The fourth-order valence-electron chi connectivity index (χ4n) is 4.04. The highest BCUT2D eigenvalue weighted by molar-refractivity contribution is 8.14. The van der Waals surface area contributed by atoms with E-state index in [9.17, 15) is 17.6 Å². The number of hydrogen-bond donors (Lipinski definition) is 1. The number of fused-ring (bicyclic) bond motifs is 2. The van der Waals surface area contributed by atoms with Gasteiger partial charge in [0.2, 0.25) is 0 Å². The maximum Gasteiger partial charge on any atom is 0.306 e. The molecule has 3 aliphatic rings. The number of hydrogen-bond acceptors (Lipinski definition) is 9. The lowest BCUT2D eigenvalue weighted by atomic mass is 9.99. The van der Waals surface area contributed by atoms with Gasteiger partial charge < -0.3 is 14.4 Å². The molecule has 7 nitrogen and oxygen atoms in total. The maximum atomic E-state index is 14.5. The van der Waals surface area contributed by atoms with E-state index in [0.717, 1.165) is 49.0 Å². The Bertz CT molecular complexity index is 1180. The van der Waals surface area contributed by atoms with Crippen LogP contribution in [0.15, 0.2) is 41.5 Å². The zero-order valence-corrected chi connectivity index (χ0v) is 24.5. The summed E-state index contributed by atoms with van der Waals surface area (Å²) >= 11 is 3.48. The van der Waals surface area contributed by atoms with Crippen molar-refractivity contribution < 1.29 is 31.9 Å². The standard InChI is InChI=1S/C17H15F4O2P.C8H16N4OS2/c1-10-2-5-14-15(6-10)23-9-16(18,19)13-7-12(17(20,21)24)4-3-11(13)8-22-14;1-7-13-10-9-8(15-7)11-3-5-12(14-2)6-4-11/h2-7H,8-9,24H2,1H3;7,10H,3-6H2,1-2H3. The van der Waals surface area contributed by atoms with Crippen molar-refractivity contribution in [3.05, 3.63) is 58.7 Å². The number of nitrogens with zero attached hydrogens (tertiary/aromatic N) is 3. The number of aryl methyl sites for hydroxylation is 1. The van der Waals surface area contributed by atoms with E-state index in [1.807, 2.05) is 18.9 Å². The average Bonchev–Trinajstić information content (AvgIpc) is 2.96. The van der Waals surface area contributed by atoms with Crippen LogP contribution in [0.2, 0.25) is 0 Å². The van der Waals surface area contributed by atoms with Crippen molar-refractivity contribution in [1.29, 1.82) is 0 Å². The second-order valence-corrected chi connectivity index (χ2v) is 12.0. The minimum absolute atomic E-state index is 0.135. The summed E-state index contributed by atoms with van der Waals surface area (Å²) in [5.74, 6) is -2.88. The molecule has 2 unspecified atom stereocenters. The lowest BCUT2D eigenvalue weighted by Crippen LogP contribution is -2.47.